The van der Waals surface area contributed by atoms with Crippen molar-refractivity contribution >= 4 is 5.78 Å². The van der Waals surface area contributed by atoms with E-state index in [1.54, 1.807) is 0 Å². The molecule has 8 nitrogen and oxygen atoms in total. The monoisotopic (exact) mass is 388 g/mol. The van der Waals surface area contributed by atoms with Gasteiger partial charge in [-0.25, -0.2) is 0 Å². The maximum absolute atomic E-state index is 13.5. The van der Waals surface area contributed by atoms with Crippen LogP contribution in [0.2, 0.25) is 0 Å². The molecule has 0 radical (unpaired) electrons. The van der Waals surface area contributed by atoms with E-state index in [0.29, 0.717) is 32.0 Å². The van der Waals surface area contributed by atoms with Crippen molar-refractivity contribution in [3.63, 3.8) is 0 Å². The standard InChI is InChI=1S/C19H34N2O6/c1-10(2)18-6-20-8-19(11(3)4,17(18)27)9-21(7-18)16(20)15(26)14(25)13(24)12(23)5-22/h10-16,22-26H,5-9H2,1-4H3/p+2/t12-,13-,14-,15+,16?,18?,19?/m1/s1. The molecule has 7 N–H and O–H groups in total. The molecule has 0 aromatic heterocycles. The van der Waals surface area contributed by atoms with Gasteiger partial charge in [-0.2, -0.15) is 0 Å². The Hall–Kier alpha value is -0.610. The van der Waals surface area contributed by atoms with E-state index in [9.17, 15) is 25.2 Å². The molecule has 4 heterocycles. The lowest BCUT2D eigenvalue weighted by molar-refractivity contribution is -1.17. The Morgan fingerprint density at radius 2 is 1.30 bits per heavy atom. The minimum atomic E-state index is -1.62. The highest BCUT2D eigenvalue weighted by atomic mass is 16.4. The van der Waals surface area contributed by atoms with Gasteiger partial charge in [-0.15, -0.1) is 0 Å². The summed E-state index contributed by atoms with van der Waals surface area (Å²) in [5.74, 6) is 0.744. The van der Waals surface area contributed by atoms with Crippen LogP contribution < -0.4 is 9.80 Å². The highest BCUT2D eigenvalue weighted by molar-refractivity contribution is 5.92. The topological polar surface area (TPSA) is 127 Å². The van der Waals surface area contributed by atoms with Crippen molar-refractivity contribution in [3.05, 3.63) is 0 Å². The van der Waals surface area contributed by atoms with Crippen LogP contribution in [0.1, 0.15) is 27.7 Å². The predicted octanol–water partition coefficient (Wildman–Crippen LogP) is -4.59. The molecule has 0 aliphatic carbocycles. The summed E-state index contributed by atoms with van der Waals surface area (Å²) < 4.78 is 0. The maximum atomic E-state index is 13.5. The fraction of sp³-hybridized carbons (Fsp3) is 0.947. The molecule has 4 bridgehead atoms. The van der Waals surface area contributed by atoms with E-state index >= 15 is 0 Å². The van der Waals surface area contributed by atoms with Crippen LogP contribution in [0.5, 0.6) is 0 Å². The molecule has 0 aromatic rings. The van der Waals surface area contributed by atoms with E-state index in [1.165, 1.54) is 0 Å². The molecule has 0 unspecified atom stereocenters. The molecular weight excluding hydrogens is 352 g/mol. The fourth-order valence-corrected chi connectivity index (χ4v) is 5.97. The number of rotatable bonds is 7. The van der Waals surface area contributed by atoms with Gasteiger partial charge in [-0.3, -0.25) is 14.6 Å². The van der Waals surface area contributed by atoms with Crippen molar-refractivity contribution < 1.29 is 40.1 Å². The second-order valence-electron chi connectivity index (χ2n) is 9.67. The molecule has 4 aliphatic rings. The first-order chi connectivity index (χ1) is 12.5. The Balaban J connectivity index is 1.91. The number of hydrogen-bond acceptors (Lipinski definition) is 6. The lowest BCUT2D eigenvalue weighted by Crippen LogP contribution is -3.46. The number of quaternary nitrogens is 2. The summed E-state index contributed by atoms with van der Waals surface area (Å²) >= 11 is 0. The van der Waals surface area contributed by atoms with Gasteiger partial charge in [-0.05, 0) is 11.8 Å². The number of hydrogen-bond donors (Lipinski definition) is 7. The Kier molecular flexibility index (Phi) is 5.49. The Morgan fingerprint density at radius 1 is 0.889 bits per heavy atom. The smallest absolute Gasteiger partial charge is 0.242 e. The lowest BCUT2D eigenvalue weighted by Gasteiger charge is -2.63. The van der Waals surface area contributed by atoms with Crippen molar-refractivity contribution in [1.29, 1.82) is 0 Å². The van der Waals surface area contributed by atoms with E-state index in [-0.39, 0.29) is 18.0 Å². The SMILES string of the molecule is CC(C)C12C[NH+]3CC(C(C)C)(C[NH+](C1)C3[C@@H](O)[C@H](O)[C@H](O)[C@H](O)CO)C2=O. The van der Waals surface area contributed by atoms with Crippen LogP contribution in [0.3, 0.4) is 0 Å². The number of nitrogens with one attached hydrogen (secondary N) is 2. The predicted molar refractivity (Wildman–Crippen MR) is 95.8 cm³/mol. The van der Waals surface area contributed by atoms with E-state index < -0.39 is 41.9 Å². The van der Waals surface area contributed by atoms with Crippen molar-refractivity contribution in [2.75, 3.05) is 32.8 Å². The zero-order valence-corrected chi connectivity index (χ0v) is 16.7. The van der Waals surface area contributed by atoms with Gasteiger partial charge in [-0.1, -0.05) is 27.7 Å². The summed E-state index contributed by atoms with van der Waals surface area (Å²) in [4.78, 5) is 15.7. The van der Waals surface area contributed by atoms with Gasteiger partial charge in [0.15, 0.2) is 11.9 Å². The van der Waals surface area contributed by atoms with E-state index in [4.69, 9.17) is 5.11 Å². The number of carbonyl (C=O) groups excluding carboxylic acids is 1. The van der Waals surface area contributed by atoms with Gasteiger partial charge >= 0.3 is 0 Å². The van der Waals surface area contributed by atoms with Crippen LogP contribution in [0, 0.1) is 22.7 Å². The van der Waals surface area contributed by atoms with E-state index in [2.05, 4.69) is 27.7 Å². The summed E-state index contributed by atoms with van der Waals surface area (Å²) in [6.45, 7) is 10.1. The number of aliphatic hydroxyl groups is 5. The molecule has 0 aromatic carbocycles. The molecule has 4 saturated heterocycles. The highest BCUT2D eigenvalue weighted by Gasteiger charge is 2.74. The Labute approximate surface area is 160 Å². The molecule has 156 valence electrons. The minimum absolute atomic E-state index is 0.193. The number of carbonyl (C=O) groups is 1. The van der Waals surface area contributed by atoms with Gasteiger partial charge < -0.3 is 25.5 Å². The second kappa shape index (κ2) is 7.02. The maximum Gasteiger partial charge on any atom is 0.242 e. The van der Waals surface area contributed by atoms with E-state index in [1.807, 2.05) is 0 Å². The van der Waals surface area contributed by atoms with Crippen LogP contribution in [-0.2, 0) is 4.79 Å². The summed E-state index contributed by atoms with van der Waals surface area (Å²) in [7, 11) is 0. The van der Waals surface area contributed by atoms with Crippen LogP contribution in [0.4, 0.5) is 0 Å². The zero-order chi connectivity index (χ0) is 20.3. The molecule has 8 heteroatoms. The molecule has 0 amide bonds. The summed E-state index contributed by atoms with van der Waals surface area (Å²) in [5.41, 5.74) is -0.842. The van der Waals surface area contributed by atoms with Gasteiger partial charge in [0.2, 0.25) is 6.17 Å². The van der Waals surface area contributed by atoms with Crippen molar-refractivity contribution in [1.82, 2.24) is 0 Å². The molecule has 27 heavy (non-hydrogen) atoms. The van der Waals surface area contributed by atoms with Crippen molar-refractivity contribution in [3.8, 4) is 0 Å². The average molecular weight is 389 g/mol. The van der Waals surface area contributed by atoms with Gasteiger partial charge in [0, 0.05) is 0 Å². The minimum Gasteiger partial charge on any atom is -0.394 e. The quantitative estimate of drug-likeness (QED) is 0.235. The molecule has 0 saturated carbocycles. The lowest BCUT2D eigenvalue weighted by atomic mass is 9.53. The van der Waals surface area contributed by atoms with Gasteiger partial charge in [0.1, 0.15) is 55.3 Å². The van der Waals surface area contributed by atoms with Crippen LogP contribution in [-0.4, -0.2) is 94.7 Å². The number of Topliss-reactive ketones (excluding diaryl/α,β-unsaturated/α-hetero) is 1. The fourth-order valence-electron chi connectivity index (χ4n) is 5.97. The first kappa shape index (κ1) is 21.1. The first-order valence-electron chi connectivity index (χ1n) is 10.1. The largest absolute Gasteiger partial charge is 0.394 e. The third-order valence-corrected chi connectivity index (χ3v) is 7.79. The first-order valence-corrected chi connectivity index (χ1v) is 10.1. The molecular formula is C19H36N2O6+2. The highest BCUT2D eigenvalue weighted by Crippen LogP contribution is 2.44. The second-order valence-corrected chi connectivity index (χ2v) is 9.67. The summed E-state index contributed by atoms with van der Waals surface area (Å²) in [5, 5.41) is 49.9. The number of aliphatic hydroxyl groups excluding tert-OH is 5. The molecule has 4 fully saturated rings. The summed E-state index contributed by atoms with van der Waals surface area (Å²) in [6.07, 6.45) is -6.31. The average Bonchev–Trinajstić information content (AvgIpc) is 2.62. The van der Waals surface area contributed by atoms with E-state index in [0.717, 1.165) is 9.80 Å². The van der Waals surface area contributed by atoms with Crippen molar-refractivity contribution in [2.45, 2.75) is 58.3 Å². The third kappa shape index (κ3) is 2.88. The van der Waals surface area contributed by atoms with Gasteiger partial charge in [0.25, 0.3) is 0 Å². The number of piperidine rings is 2. The zero-order valence-electron chi connectivity index (χ0n) is 16.7. The molecule has 0 spiro atoms. The van der Waals surface area contributed by atoms with Crippen LogP contribution in [0.25, 0.3) is 0 Å². The third-order valence-electron chi connectivity index (χ3n) is 7.79. The molecule has 4 rings (SSSR count). The number of ketones is 1. The van der Waals surface area contributed by atoms with Crippen molar-refractivity contribution in [2.24, 2.45) is 22.7 Å². The Bertz CT molecular complexity index is 537. The Morgan fingerprint density at radius 3 is 1.63 bits per heavy atom. The summed E-state index contributed by atoms with van der Waals surface area (Å²) in [6, 6.07) is 0. The van der Waals surface area contributed by atoms with Gasteiger partial charge in [0.05, 0.1) is 6.61 Å². The molecule has 4 aliphatic heterocycles. The van der Waals surface area contributed by atoms with Crippen LogP contribution in [0.15, 0.2) is 0 Å². The van der Waals surface area contributed by atoms with Crippen LogP contribution >= 0.6 is 0 Å². The molecule has 4 atom stereocenters. The normalized spacial score (nSPS) is 42.6.